The Balaban J connectivity index is 2.85. The standard InChI is InChI=1S/C15H22N2O3/c1-4-5-12(3)16-15(20)17(10-14(18)19)13-8-6-11(2)7-9-13/h6-9,12H,4-5,10H2,1-3H3,(H,16,20)(H,18,19). The van der Waals surface area contributed by atoms with Crippen LogP contribution >= 0.6 is 0 Å². The number of amides is 2. The molecule has 0 saturated heterocycles. The van der Waals surface area contributed by atoms with Crippen LogP contribution in [-0.2, 0) is 4.79 Å². The molecule has 0 radical (unpaired) electrons. The number of hydrogen-bond donors (Lipinski definition) is 2. The molecule has 0 spiro atoms. The van der Waals surface area contributed by atoms with Gasteiger partial charge in [-0.05, 0) is 32.4 Å². The number of hydrogen-bond acceptors (Lipinski definition) is 2. The van der Waals surface area contributed by atoms with E-state index >= 15 is 0 Å². The maximum absolute atomic E-state index is 12.2. The second-order valence-electron chi connectivity index (χ2n) is 4.95. The summed E-state index contributed by atoms with van der Waals surface area (Å²) in [5, 5.41) is 11.8. The minimum atomic E-state index is -1.04. The fraction of sp³-hybridized carbons (Fsp3) is 0.467. The van der Waals surface area contributed by atoms with Crippen molar-refractivity contribution in [2.24, 2.45) is 0 Å². The van der Waals surface area contributed by atoms with Crippen LogP contribution in [0.1, 0.15) is 32.3 Å². The van der Waals surface area contributed by atoms with Gasteiger partial charge in [0.2, 0.25) is 0 Å². The Morgan fingerprint density at radius 3 is 2.40 bits per heavy atom. The third-order valence-corrected chi connectivity index (χ3v) is 2.98. The molecule has 1 aromatic carbocycles. The fourth-order valence-corrected chi connectivity index (χ4v) is 1.93. The van der Waals surface area contributed by atoms with E-state index in [1.54, 1.807) is 12.1 Å². The summed E-state index contributed by atoms with van der Waals surface area (Å²) in [5.41, 5.74) is 1.64. The molecule has 1 aromatic rings. The minimum absolute atomic E-state index is 0.0224. The van der Waals surface area contributed by atoms with E-state index in [1.807, 2.05) is 32.9 Å². The molecule has 0 aliphatic rings. The normalized spacial score (nSPS) is 11.8. The zero-order valence-corrected chi connectivity index (χ0v) is 12.2. The molecule has 5 nitrogen and oxygen atoms in total. The first-order chi connectivity index (χ1) is 9.43. The first kappa shape index (κ1) is 16.0. The molecule has 20 heavy (non-hydrogen) atoms. The highest BCUT2D eigenvalue weighted by Crippen LogP contribution is 2.15. The van der Waals surface area contributed by atoms with Crippen LogP contribution in [0.2, 0.25) is 0 Å². The Kier molecular flexibility index (Phi) is 6.03. The van der Waals surface area contributed by atoms with Crippen molar-refractivity contribution in [2.45, 2.75) is 39.7 Å². The Hall–Kier alpha value is -2.04. The van der Waals surface area contributed by atoms with E-state index in [0.717, 1.165) is 18.4 Å². The van der Waals surface area contributed by atoms with Crippen LogP contribution in [0, 0.1) is 6.92 Å². The largest absolute Gasteiger partial charge is 0.480 e. The second-order valence-corrected chi connectivity index (χ2v) is 4.95. The molecular weight excluding hydrogens is 256 g/mol. The van der Waals surface area contributed by atoms with Gasteiger partial charge < -0.3 is 10.4 Å². The van der Waals surface area contributed by atoms with E-state index in [0.29, 0.717) is 5.69 Å². The molecule has 1 rings (SSSR count). The molecule has 0 bridgehead atoms. The highest BCUT2D eigenvalue weighted by molar-refractivity contribution is 5.96. The van der Waals surface area contributed by atoms with Gasteiger partial charge >= 0.3 is 12.0 Å². The fourth-order valence-electron chi connectivity index (χ4n) is 1.93. The van der Waals surface area contributed by atoms with Crippen LogP contribution in [0.4, 0.5) is 10.5 Å². The van der Waals surface area contributed by atoms with Crippen molar-refractivity contribution >= 4 is 17.7 Å². The predicted molar refractivity (Wildman–Crippen MR) is 79.1 cm³/mol. The molecule has 5 heteroatoms. The number of nitrogens with zero attached hydrogens (tertiary/aromatic N) is 1. The van der Waals surface area contributed by atoms with Crippen LogP contribution in [0.15, 0.2) is 24.3 Å². The Morgan fingerprint density at radius 2 is 1.90 bits per heavy atom. The van der Waals surface area contributed by atoms with E-state index in [2.05, 4.69) is 5.32 Å². The van der Waals surface area contributed by atoms with E-state index in [4.69, 9.17) is 5.11 Å². The zero-order valence-electron chi connectivity index (χ0n) is 12.2. The first-order valence-corrected chi connectivity index (χ1v) is 6.80. The van der Waals surface area contributed by atoms with Gasteiger partial charge in [-0.2, -0.15) is 0 Å². The van der Waals surface area contributed by atoms with Crippen molar-refractivity contribution in [1.29, 1.82) is 0 Å². The number of anilines is 1. The summed E-state index contributed by atoms with van der Waals surface area (Å²) >= 11 is 0. The smallest absolute Gasteiger partial charge is 0.323 e. The van der Waals surface area contributed by atoms with Gasteiger partial charge in [0.25, 0.3) is 0 Å². The topological polar surface area (TPSA) is 69.6 Å². The number of carboxylic acid groups (broad SMARTS) is 1. The number of nitrogens with one attached hydrogen (secondary N) is 1. The van der Waals surface area contributed by atoms with E-state index in [9.17, 15) is 9.59 Å². The van der Waals surface area contributed by atoms with Crippen molar-refractivity contribution in [3.63, 3.8) is 0 Å². The highest BCUT2D eigenvalue weighted by atomic mass is 16.4. The maximum atomic E-state index is 12.2. The average molecular weight is 278 g/mol. The third-order valence-electron chi connectivity index (χ3n) is 2.98. The molecule has 0 saturated carbocycles. The molecule has 1 atom stereocenters. The average Bonchev–Trinajstić information content (AvgIpc) is 2.37. The van der Waals surface area contributed by atoms with E-state index < -0.39 is 5.97 Å². The lowest BCUT2D eigenvalue weighted by Gasteiger charge is -2.24. The van der Waals surface area contributed by atoms with Crippen molar-refractivity contribution in [3.8, 4) is 0 Å². The number of carbonyl (C=O) groups excluding carboxylic acids is 1. The number of aliphatic carboxylic acids is 1. The molecule has 0 aromatic heterocycles. The number of carbonyl (C=O) groups is 2. The summed E-state index contributed by atoms with van der Waals surface area (Å²) in [6.07, 6.45) is 1.82. The lowest BCUT2D eigenvalue weighted by atomic mass is 10.2. The molecule has 0 aliphatic carbocycles. The van der Waals surface area contributed by atoms with Crippen molar-refractivity contribution in [2.75, 3.05) is 11.4 Å². The quantitative estimate of drug-likeness (QED) is 0.840. The number of rotatable bonds is 6. The molecule has 0 heterocycles. The number of benzene rings is 1. The minimum Gasteiger partial charge on any atom is -0.480 e. The van der Waals surface area contributed by atoms with Crippen LogP contribution in [0.25, 0.3) is 0 Å². The summed E-state index contributed by atoms with van der Waals surface area (Å²) in [4.78, 5) is 24.4. The van der Waals surface area contributed by atoms with Crippen molar-refractivity contribution in [3.05, 3.63) is 29.8 Å². The lowest BCUT2D eigenvalue weighted by molar-refractivity contribution is -0.135. The van der Waals surface area contributed by atoms with Gasteiger partial charge in [0, 0.05) is 11.7 Å². The van der Waals surface area contributed by atoms with Gasteiger partial charge in [-0.15, -0.1) is 0 Å². The first-order valence-electron chi connectivity index (χ1n) is 6.80. The molecule has 0 fully saturated rings. The number of carboxylic acids is 1. The number of aryl methyl sites for hydroxylation is 1. The maximum Gasteiger partial charge on any atom is 0.323 e. The monoisotopic (exact) mass is 278 g/mol. The van der Waals surface area contributed by atoms with E-state index in [-0.39, 0.29) is 18.6 Å². The molecule has 2 N–H and O–H groups in total. The summed E-state index contributed by atoms with van der Waals surface area (Å²) in [5.74, 6) is -1.04. The Bertz CT molecular complexity index is 457. The molecule has 0 aliphatic heterocycles. The molecule has 2 amide bonds. The van der Waals surface area contributed by atoms with Crippen molar-refractivity contribution < 1.29 is 14.7 Å². The lowest BCUT2D eigenvalue weighted by Crippen LogP contribution is -2.46. The van der Waals surface area contributed by atoms with Gasteiger partial charge in [0.15, 0.2) is 0 Å². The summed E-state index contributed by atoms with van der Waals surface area (Å²) in [6.45, 7) is 5.54. The van der Waals surface area contributed by atoms with E-state index in [1.165, 1.54) is 4.90 Å². The van der Waals surface area contributed by atoms with Gasteiger partial charge in [-0.25, -0.2) is 4.79 Å². The van der Waals surface area contributed by atoms with Crippen LogP contribution in [-0.4, -0.2) is 29.7 Å². The van der Waals surface area contributed by atoms with Crippen molar-refractivity contribution in [1.82, 2.24) is 5.32 Å². The predicted octanol–water partition coefficient (Wildman–Crippen LogP) is 2.78. The Labute approximate surface area is 119 Å². The van der Waals surface area contributed by atoms with Gasteiger partial charge in [-0.3, -0.25) is 9.69 Å². The third kappa shape index (κ3) is 4.91. The summed E-state index contributed by atoms with van der Waals surface area (Å²) in [7, 11) is 0. The molecule has 110 valence electrons. The van der Waals surface area contributed by atoms with Crippen LogP contribution < -0.4 is 10.2 Å². The van der Waals surface area contributed by atoms with Crippen LogP contribution in [0.3, 0.4) is 0 Å². The van der Waals surface area contributed by atoms with Crippen LogP contribution in [0.5, 0.6) is 0 Å². The Morgan fingerprint density at radius 1 is 1.30 bits per heavy atom. The highest BCUT2D eigenvalue weighted by Gasteiger charge is 2.19. The number of urea groups is 1. The molecule has 1 unspecified atom stereocenters. The summed E-state index contributed by atoms with van der Waals surface area (Å²) < 4.78 is 0. The molecular formula is C15H22N2O3. The summed E-state index contributed by atoms with van der Waals surface area (Å²) in [6, 6.07) is 6.86. The SMILES string of the molecule is CCCC(C)NC(=O)N(CC(=O)O)c1ccc(C)cc1. The van der Waals surface area contributed by atoms with Gasteiger partial charge in [0.1, 0.15) is 6.54 Å². The second kappa shape index (κ2) is 7.53. The zero-order chi connectivity index (χ0) is 15.1. The van der Waals surface area contributed by atoms with Gasteiger partial charge in [0.05, 0.1) is 0 Å². The van der Waals surface area contributed by atoms with Gasteiger partial charge in [-0.1, -0.05) is 31.0 Å².